The van der Waals surface area contributed by atoms with Gasteiger partial charge in [0.2, 0.25) is 0 Å². The molecule has 6 heteroatoms. The fourth-order valence-electron chi connectivity index (χ4n) is 1.73. The number of ketones is 1. The topological polar surface area (TPSA) is 77.1 Å². The van der Waals surface area contributed by atoms with Crippen LogP contribution < -0.4 is 0 Å². The van der Waals surface area contributed by atoms with E-state index in [0.717, 1.165) is 5.69 Å². The highest BCUT2D eigenvalue weighted by Gasteiger charge is 2.15. The molecule has 6 nitrogen and oxygen atoms in total. The summed E-state index contributed by atoms with van der Waals surface area (Å²) in [5.41, 5.74) is 1.22. The Labute approximate surface area is 103 Å². The van der Waals surface area contributed by atoms with Crippen LogP contribution >= 0.6 is 0 Å². The Kier molecular flexibility index (Phi) is 3.01. The monoisotopic (exact) mass is 247 g/mol. The van der Waals surface area contributed by atoms with Crippen molar-refractivity contribution in [3.8, 4) is 0 Å². The van der Waals surface area contributed by atoms with E-state index in [1.165, 1.54) is 17.6 Å². The van der Waals surface area contributed by atoms with Crippen molar-refractivity contribution in [2.75, 3.05) is 0 Å². The second-order valence-corrected chi connectivity index (χ2v) is 4.08. The summed E-state index contributed by atoms with van der Waals surface area (Å²) in [6, 6.07) is 3.19. The van der Waals surface area contributed by atoms with E-state index < -0.39 is 5.97 Å². The van der Waals surface area contributed by atoms with Gasteiger partial charge in [-0.25, -0.2) is 4.79 Å². The highest BCUT2D eigenvalue weighted by molar-refractivity contribution is 5.97. The third kappa shape index (κ3) is 2.32. The molecule has 0 saturated heterocycles. The summed E-state index contributed by atoms with van der Waals surface area (Å²) in [7, 11) is 1.79. The Balaban J connectivity index is 2.36. The van der Waals surface area contributed by atoms with Crippen molar-refractivity contribution in [3.63, 3.8) is 0 Å². The molecule has 0 aliphatic heterocycles. The smallest absolute Gasteiger partial charge is 0.352 e. The van der Waals surface area contributed by atoms with Crippen molar-refractivity contribution < 1.29 is 14.7 Å². The standard InChI is InChI=1S/C12H13N3O3/c1-8(16)9-5-11(12(17)18)15(6-9)7-10-3-4-14(2)13-10/h3-6H,7H2,1-2H3,(H,17,18). The minimum Gasteiger partial charge on any atom is -0.477 e. The number of nitrogens with zero attached hydrogens (tertiary/aromatic N) is 3. The van der Waals surface area contributed by atoms with Crippen molar-refractivity contribution in [2.24, 2.45) is 7.05 Å². The lowest BCUT2D eigenvalue weighted by Crippen LogP contribution is -2.09. The van der Waals surface area contributed by atoms with Crippen LogP contribution in [0.3, 0.4) is 0 Å². The summed E-state index contributed by atoms with van der Waals surface area (Å²) in [6.07, 6.45) is 3.33. The van der Waals surface area contributed by atoms with Crippen LogP contribution in [-0.2, 0) is 13.6 Å². The Morgan fingerprint density at radius 3 is 2.67 bits per heavy atom. The molecule has 2 rings (SSSR count). The Morgan fingerprint density at radius 1 is 1.44 bits per heavy atom. The third-order valence-corrected chi connectivity index (χ3v) is 2.62. The number of hydrogen-bond donors (Lipinski definition) is 1. The quantitative estimate of drug-likeness (QED) is 0.823. The van der Waals surface area contributed by atoms with Gasteiger partial charge < -0.3 is 9.67 Å². The number of rotatable bonds is 4. The van der Waals surface area contributed by atoms with Gasteiger partial charge in [0.25, 0.3) is 0 Å². The zero-order valence-corrected chi connectivity index (χ0v) is 10.1. The van der Waals surface area contributed by atoms with Gasteiger partial charge in [0.05, 0.1) is 12.2 Å². The average Bonchev–Trinajstić information content (AvgIpc) is 2.85. The molecule has 0 aromatic carbocycles. The van der Waals surface area contributed by atoms with Crippen LogP contribution in [0.5, 0.6) is 0 Å². The number of carboxylic acids is 1. The highest BCUT2D eigenvalue weighted by Crippen LogP contribution is 2.12. The van der Waals surface area contributed by atoms with Crippen LogP contribution in [-0.4, -0.2) is 31.2 Å². The zero-order chi connectivity index (χ0) is 13.3. The number of aromatic nitrogens is 3. The minimum absolute atomic E-state index is 0.0888. The second-order valence-electron chi connectivity index (χ2n) is 4.08. The summed E-state index contributed by atoms with van der Waals surface area (Å²) >= 11 is 0. The van der Waals surface area contributed by atoms with E-state index in [4.69, 9.17) is 5.11 Å². The molecule has 0 unspecified atom stereocenters. The molecule has 1 N–H and O–H groups in total. The maximum absolute atomic E-state index is 11.3. The lowest BCUT2D eigenvalue weighted by Gasteiger charge is -2.03. The lowest BCUT2D eigenvalue weighted by molar-refractivity contribution is 0.0685. The first-order valence-electron chi connectivity index (χ1n) is 5.40. The first-order chi connectivity index (χ1) is 8.47. The Bertz CT molecular complexity index is 610. The first-order valence-corrected chi connectivity index (χ1v) is 5.40. The molecule has 2 aromatic rings. The number of Topliss-reactive ketones (excluding diaryl/α,β-unsaturated/α-hetero) is 1. The van der Waals surface area contributed by atoms with Crippen LogP contribution in [0.1, 0.15) is 33.5 Å². The van der Waals surface area contributed by atoms with Crippen molar-refractivity contribution in [1.29, 1.82) is 0 Å². The van der Waals surface area contributed by atoms with Gasteiger partial charge in [-0.2, -0.15) is 5.10 Å². The molecule has 2 heterocycles. The predicted molar refractivity (Wildman–Crippen MR) is 63.7 cm³/mol. The van der Waals surface area contributed by atoms with Crippen LogP contribution in [0, 0.1) is 0 Å². The highest BCUT2D eigenvalue weighted by atomic mass is 16.4. The predicted octanol–water partition coefficient (Wildman–Crippen LogP) is 1.17. The van der Waals surface area contributed by atoms with Crippen LogP contribution in [0.2, 0.25) is 0 Å². The fourth-order valence-corrected chi connectivity index (χ4v) is 1.73. The minimum atomic E-state index is -1.06. The number of aryl methyl sites for hydroxylation is 1. The summed E-state index contributed by atoms with van der Waals surface area (Å²) < 4.78 is 3.16. The van der Waals surface area contributed by atoms with Crippen LogP contribution in [0.25, 0.3) is 0 Å². The van der Waals surface area contributed by atoms with E-state index in [-0.39, 0.29) is 11.5 Å². The lowest BCUT2D eigenvalue weighted by atomic mass is 10.2. The molecule has 0 bridgehead atoms. The van der Waals surface area contributed by atoms with E-state index >= 15 is 0 Å². The van der Waals surface area contributed by atoms with Crippen molar-refractivity contribution in [1.82, 2.24) is 14.3 Å². The normalized spacial score (nSPS) is 10.6. The summed E-state index contributed by atoms with van der Waals surface area (Å²) in [6.45, 7) is 1.74. The fraction of sp³-hybridized carbons (Fsp3) is 0.250. The summed E-state index contributed by atoms with van der Waals surface area (Å²) in [5.74, 6) is -1.21. The van der Waals surface area contributed by atoms with Crippen molar-refractivity contribution >= 4 is 11.8 Å². The molecule has 0 spiro atoms. The van der Waals surface area contributed by atoms with E-state index in [9.17, 15) is 9.59 Å². The van der Waals surface area contributed by atoms with E-state index in [0.29, 0.717) is 12.1 Å². The largest absolute Gasteiger partial charge is 0.477 e. The molecule has 0 aliphatic rings. The van der Waals surface area contributed by atoms with E-state index in [1.807, 2.05) is 0 Å². The van der Waals surface area contributed by atoms with Gasteiger partial charge in [0, 0.05) is 25.0 Å². The molecule has 0 amide bonds. The molecule has 0 atom stereocenters. The van der Waals surface area contributed by atoms with Gasteiger partial charge in [-0.1, -0.05) is 0 Å². The van der Waals surface area contributed by atoms with Crippen molar-refractivity contribution in [3.05, 3.63) is 41.5 Å². The Hall–Kier alpha value is -2.37. The first kappa shape index (κ1) is 12.1. The third-order valence-electron chi connectivity index (χ3n) is 2.62. The molecule has 0 aliphatic carbocycles. The van der Waals surface area contributed by atoms with Gasteiger partial charge in [-0.3, -0.25) is 9.48 Å². The Morgan fingerprint density at radius 2 is 2.17 bits per heavy atom. The summed E-state index contributed by atoms with van der Waals surface area (Å²) in [4.78, 5) is 22.4. The molecule has 0 saturated carbocycles. The van der Waals surface area contributed by atoms with E-state index in [1.54, 1.807) is 30.2 Å². The van der Waals surface area contributed by atoms with Crippen LogP contribution in [0.15, 0.2) is 24.5 Å². The number of aromatic carboxylic acids is 1. The number of carbonyl (C=O) groups is 2. The van der Waals surface area contributed by atoms with Gasteiger partial charge in [0.15, 0.2) is 5.78 Å². The maximum Gasteiger partial charge on any atom is 0.352 e. The molecule has 0 radical (unpaired) electrons. The molecule has 18 heavy (non-hydrogen) atoms. The summed E-state index contributed by atoms with van der Waals surface area (Å²) in [5, 5.41) is 13.3. The van der Waals surface area contributed by atoms with Crippen LogP contribution in [0.4, 0.5) is 0 Å². The van der Waals surface area contributed by atoms with Gasteiger partial charge in [-0.15, -0.1) is 0 Å². The molecule has 94 valence electrons. The number of carbonyl (C=O) groups excluding carboxylic acids is 1. The zero-order valence-electron chi connectivity index (χ0n) is 10.1. The molecule has 2 aromatic heterocycles. The van der Waals surface area contributed by atoms with Gasteiger partial charge in [0.1, 0.15) is 5.69 Å². The van der Waals surface area contributed by atoms with E-state index in [2.05, 4.69) is 5.10 Å². The van der Waals surface area contributed by atoms with Gasteiger partial charge in [-0.05, 0) is 19.1 Å². The number of carboxylic acid groups (broad SMARTS) is 1. The maximum atomic E-state index is 11.3. The van der Waals surface area contributed by atoms with Crippen molar-refractivity contribution in [2.45, 2.75) is 13.5 Å². The SMILES string of the molecule is CC(=O)c1cc(C(=O)O)n(Cc2ccn(C)n2)c1. The van der Waals surface area contributed by atoms with Gasteiger partial charge >= 0.3 is 5.97 Å². The second kappa shape index (κ2) is 4.48. The molecular weight excluding hydrogens is 234 g/mol. The average molecular weight is 247 g/mol. The molecule has 0 fully saturated rings. The molecular formula is C12H13N3O3. The number of hydrogen-bond acceptors (Lipinski definition) is 3.